The van der Waals surface area contributed by atoms with Gasteiger partial charge in [0.15, 0.2) is 0 Å². The van der Waals surface area contributed by atoms with Gasteiger partial charge in [0, 0.05) is 12.8 Å². The molecule has 3 N–H and O–H groups in total. The predicted molar refractivity (Wildman–Crippen MR) is 296 cm³/mol. The van der Waals surface area contributed by atoms with Crippen LogP contribution in [0, 0.1) is 0 Å². The van der Waals surface area contributed by atoms with Crippen molar-refractivity contribution in [3.8, 4) is 0 Å². The third-order valence-corrected chi connectivity index (χ3v) is 13.9. The van der Waals surface area contributed by atoms with E-state index in [0.29, 0.717) is 25.9 Å². The highest BCUT2D eigenvalue weighted by molar-refractivity contribution is 5.76. The van der Waals surface area contributed by atoms with Crippen molar-refractivity contribution in [1.29, 1.82) is 0 Å². The highest BCUT2D eigenvalue weighted by atomic mass is 16.5. The second-order valence-corrected chi connectivity index (χ2v) is 20.7. The third-order valence-electron chi connectivity index (χ3n) is 13.9. The Balaban J connectivity index is 3.39. The van der Waals surface area contributed by atoms with Gasteiger partial charge in [-0.1, -0.05) is 269 Å². The highest BCUT2D eigenvalue weighted by Gasteiger charge is 2.20. The molecule has 0 aromatic rings. The van der Waals surface area contributed by atoms with Crippen LogP contribution in [0.2, 0.25) is 0 Å². The molecule has 2 unspecified atom stereocenters. The maximum absolute atomic E-state index is 12.5. The van der Waals surface area contributed by atoms with Gasteiger partial charge in [0.2, 0.25) is 5.91 Å². The Morgan fingerprint density at radius 2 is 0.750 bits per heavy atom. The number of aliphatic hydroxyl groups excluding tert-OH is 2. The number of allylic oxidation sites excluding steroid dienone is 6. The first kappa shape index (κ1) is 66.1. The number of hydrogen-bond acceptors (Lipinski definition) is 5. The number of carbonyl (C=O) groups is 2. The van der Waals surface area contributed by atoms with Gasteiger partial charge in [0.05, 0.1) is 25.4 Å². The Bertz CT molecular complexity index is 1100. The number of nitrogens with one attached hydrogen (secondary N) is 1. The zero-order chi connectivity index (χ0) is 49.3. The van der Waals surface area contributed by atoms with Crippen LogP contribution in [0.4, 0.5) is 0 Å². The number of esters is 1. The largest absolute Gasteiger partial charge is 0.466 e. The average Bonchev–Trinajstić information content (AvgIpc) is 3.34. The Kier molecular flexibility index (Phi) is 56.0. The number of hydrogen-bond donors (Lipinski definition) is 3. The van der Waals surface area contributed by atoms with Gasteiger partial charge in [-0.15, -0.1) is 0 Å². The molecule has 0 aromatic carbocycles. The molecular weight excluding hydrogens is 839 g/mol. The van der Waals surface area contributed by atoms with Crippen LogP contribution in [0.15, 0.2) is 36.5 Å². The van der Waals surface area contributed by atoms with E-state index in [9.17, 15) is 19.8 Å². The van der Waals surface area contributed by atoms with Gasteiger partial charge in [0.25, 0.3) is 0 Å². The molecule has 0 bridgehead atoms. The van der Waals surface area contributed by atoms with Crippen LogP contribution in [-0.2, 0) is 14.3 Å². The van der Waals surface area contributed by atoms with E-state index in [0.717, 1.165) is 51.4 Å². The minimum Gasteiger partial charge on any atom is -0.466 e. The molecule has 0 saturated carbocycles. The Hall–Kier alpha value is -1.92. The first-order valence-electron chi connectivity index (χ1n) is 30.2. The molecule has 0 aliphatic rings. The topological polar surface area (TPSA) is 95.9 Å². The summed E-state index contributed by atoms with van der Waals surface area (Å²) in [5.41, 5.74) is 0. The van der Waals surface area contributed by atoms with E-state index in [2.05, 4.69) is 55.6 Å². The third kappa shape index (κ3) is 53.4. The van der Waals surface area contributed by atoms with Crippen LogP contribution >= 0.6 is 0 Å². The molecule has 68 heavy (non-hydrogen) atoms. The van der Waals surface area contributed by atoms with E-state index in [4.69, 9.17) is 4.74 Å². The molecule has 0 fully saturated rings. The summed E-state index contributed by atoms with van der Waals surface area (Å²) in [7, 11) is 0. The van der Waals surface area contributed by atoms with Crippen molar-refractivity contribution in [2.75, 3.05) is 13.2 Å². The van der Waals surface area contributed by atoms with E-state index < -0.39 is 12.1 Å². The second kappa shape index (κ2) is 57.7. The number of unbranched alkanes of at least 4 members (excludes halogenated alkanes) is 39. The van der Waals surface area contributed by atoms with Crippen molar-refractivity contribution in [3.05, 3.63) is 36.5 Å². The Morgan fingerprint density at radius 3 is 1.18 bits per heavy atom. The molecule has 400 valence electrons. The quantitative estimate of drug-likeness (QED) is 0.0321. The highest BCUT2D eigenvalue weighted by Crippen LogP contribution is 2.17. The zero-order valence-corrected chi connectivity index (χ0v) is 45.6. The van der Waals surface area contributed by atoms with E-state index in [1.165, 1.54) is 238 Å². The maximum atomic E-state index is 12.5. The van der Waals surface area contributed by atoms with E-state index in [1.54, 1.807) is 0 Å². The molecule has 6 nitrogen and oxygen atoms in total. The van der Waals surface area contributed by atoms with Crippen LogP contribution in [0.5, 0.6) is 0 Å². The smallest absolute Gasteiger partial charge is 0.305 e. The molecule has 0 aliphatic carbocycles. The van der Waals surface area contributed by atoms with E-state index in [1.807, 2.05) is 0 Å². The Labute approximate surface area is 424 Å². The first-order valence-corrected chi connectivity index (χ1v) is 30.2. The van der Waals surface area contributed by atoms with Crippen molar-refractivity contribution in [2.24, 2.45) is 0 Å². The van der Waals surface area contributed by atoms with Gasteiger partial charge in [-0.3, -0.25) is 9.59 Å². The number of rotatable bonds is 56. The van der Waals surface area contributed by atoms with Gasteiger partial charge in [-0.2, -0.15) is 0 Å². The van der Waals surface area contributed by atoms with Crippen molar-refractivity contribution >= 4 is 11.9 Å². The molecular formula is C62H117NO5. The van der Waals surface area contributed by atoms with Crippen LogP contribution in [-0.4, -0.2) is 47.4 Å². The van der Waals surface area contributed by atoms with E-state index >= 15 is 0 Å². The average molecular weight is 957 g/mol. The number of ether oxygens (including phenoxy) is 1. The van der Waals surface area contributed by atoms with Gasteiger partial charge in [-0.25, -0.2) is 0 Å². The van der Waals surface area contributed by atoms with Crippen LogP contribution in [0.25, 0.3) is 0 Å². The molecule has 0 rings (SSSR count). The van der Waals surface area contributed by atoms with Crippen LogP contribution in [0.1, 0.15) is 322 Å². The SMILES string of the molecule is CCCC/C=C\C/C=C\CCCCCCCC(=O)OCCCCCCCCCCCCCC/C=C\CCCCCCCCCCCC(=O)NC(CO)C(O)CCCCCCCCCCCCCC. The molecule has 0 saturated heterocycles. The minimum atomic E-state index is -0.665. The van der Waals surface area contributed by atoms with Gasteiger partial charge in [-0.05, 0) is 77.0 Å². The predicted octanol–water partition coefficient (Wildman–Crippen LogP) is 18.8. The lowest BCUT2D eigenvalue weighted by Gasteiger charge is -2.22. The summed E-state index contributed by atoms with van der Waals surface area (Å²) in [4.78, 5) is 24.5. The minimum absolute atomic E-state index is 0.00136. The lowest BCUT2D eigenvalue weighted by atomic mass is 10.0. The summed E-state index contributed by atoms with van der Waals surface area (Å²) in [5, 5.41) is 23.2. The van der Waals surface area contributed by atoms with Crippen molar-refractivity contribution in [3.63, 3.8) is 0 Å². The summed E-state index contributed by atoms with van der Waals surface area (Å²) in [6, 6.07) is -0.543. The summed E-state index contributed by atoms with van der Waals surface area (Å²) in [6.07, 6.45) is 71.5. The first-order chi connectivity index (χ1) is 33.5. The lowest BCUT2D eigenvalue weighted by Crippen LogP contribution is -2.45. The molecule has 0 aromatic heterocycles. The van der Waals surface area contributed by atoms with Crippen LogP contribution < -0.4 is 5.32 Å². The summed E-state index contributed by atoms with van der Waals surface area (Å²) >= 11 is 0. The lowest BCUT2D eigenvalue weighted by molar-refractivity contribution is -0.143. The summed E-state index contributed by atoms with van der Waals surface area (Å²) in [5.74, 6) is -0.0396. The van der Waals surface area contributed by atoms with Gasteiger partial charge >= 0.3 is 5.97 Å². The van der Waals surface area contributed by atoms with Crippen molar-refractivity contribution < 1.29 is 24.5 Å². The monoisotopic (exact) mass is 956 g/mol. The second-order valence-electron chi connectivity index (χ2n) is 20.7. The maximum Gasteiger partial charge on any atom is 0.305 e. The fourth-order valence-electron chi connectivity index (χ4n) is 9.24. The number of carbonyl (C=O) groups excluding carboxylic acids is 2. The number of amides is 1. The zero-order valence-electron chi connectivity index (χ0n) is 45.6. The molecule has 0 spiro atoms. The molecule has 0 heterocycles. The fourth-order valence-corrected chi connectivity index (χ4v) is 9.24. The van der Waals surface area contributed by atoms with Gasteiger partial charge < -0.3 is 20.3 Å². The van der Waals surface area contributed by atoms with Crippen LogP contribution in [0.3, 0.4) is 0 Å². The van der Waals surface area contributed by atoms with E-state index in [-0.39, 0.29) is 18.5 Å². The molecule has 1 amide bonds. The van der Waals surface area contributed by atoms with Crippen molar-refractivity contribution in [2.45, 2.75) is 334 Å². The Morgan fingerprint density at radius 1 is 0.412 bits per heavy atom. The summed E-state index contributed by atoms with van der Waals surface area (Å²) in [6.45, 7) is 4.91. The molecule has 0 aliphatic heterocycles. The van der Waals surface area contributed by atoms with Crippen molar-refractivity contribution in [1.82, 2.24) is 5.32 Å². The molecule has 0 radical (unpaired) electrons. The fraction of sp³-hybridized carbons (Fsp3) is 0.871. The standard InChI is InChI=1S/C62H117NO5/c1-3-5-7-9-11-13-15-17-32-36-40-44-48-52-56-62(67)68-57-53-49-45-41-37-33-30-28-26-24-22-20-18-19-21-23-25-27-29-31-35-39-43-47-51-55-61(66)63-59(58-64)60(65)54-50-46-42-38-34-16-14-12-10-8-6-4-2/h9,11,15,17,19,21,59-60,64-65H,3-8,10,12-14,16,18,20,22-58H2,1-2H3,(H,63,66)/b11-9-,17-15-,21-19-. The van der Waals surface area contributed by atoms with Gasteiger partial charge in [0.1, 0.15) is 0 Å². The normalized spacial score (nSPS) is 12.8. The molecule has 6 heteroatoms. The summed E-state index contributed by atoms with van der Waals surface area (Å²) < 4.78 is 5.47. The molecule has 2 atom stereocenters. The number of aliphatic hydroxyl groups is 2.